The smallest absolute Gasteiger partial charge is 0.282 e. The van der Waals surface area contributed by atoms with Crippen molar-refractivity contribution >= 4 is 44.1 Å². The first-order chi connectivity index (χ1) is 17.4. The second-order valence-corrected chi connectivity index (χ2v) is 11.8. The van der Waals surface area contributed by atoms with E-state index in [2.05, 4.69) is 19.9 Å². The van der Waals surface area contributed by atoms with Crippen LogP contribution in [-0.4, -0.2) is 24.7 Å². The molecule has 2 rings (SSSR count). The molecule has 0 aliphatic carbocycles. The van der Waals surface area contributed by atoms with E-state index in [1.54, 1.807) is 0 Å². The van der Waals surface area contributed by atoms with Crippen LogP contribution in [0.3, 0.4) is 0 Å². The normalized spacial score (nSPS) is 11.5. The minimum atomic E-state index is -4.28. The molecular weight excluding hydrogens is 511 g/mol. The van der Waals surface area contributed by atoms with Gasteiger partial charge in [0.25, 0.3) is 10.1 Å². The predicted octanol–water partition coefficient (Wildman–Crippen LogP) is 10.1. The minimum Gasteiger partial charge on any atom is -0.282 e. The van der Waals surface area contributed by atoms with Gasteiger partial charge in [-0.3, -0.25) is 4.55 Å². The van der Waals surface area contributed by atoms with Crippen molar-refractivity contribution in [2.45, 2.75) is 121 Å². The van der Waals surface area contributed by atoms with Gasteiger partial charge in [0.15, 0.2) is 0 Å². The van der Waals surface area contributed by atoms with Crippen molar-refractivity contribution in [2.24, 2.45) is 0 Å². The highest BCUT2D eigenvalue weighted by Gasteiger charge is 2.22. The number of hydrogen-bond donors (Lipinski definition) is 1. The lowest BCUT2D eigenvalue weighted by atomic mass is 9.93. The Morgan fingerprint density at radius 1 is 0.694 bits per heavy atom. The number of hydrogen-bond acceptors (Lipinski definition) is 2. The van der Waals surface area contributed by atoms with E-state index in [-0.39, 0.29) is 4.90 Å². The molecule has 3 nitrogen and oxygen atoms in total. The quantitative estimate of drug-likeness (QED) is 0.112. The largest absolute Gasteiger partial charge is 0.295 e. The molecule has 0 atom stereocenters. The van der Waals surface area contributed by atoms with Crippen molar-refractivity contribution in [2.75, 3.05) is 11.8 Å². The van der Waals surface area contributed by atoms with Gasteiger partial charge in [-0.15, -0.1) is 23.2 Å². The molecule has 2 aromatic rings. The SMILES string of the molecule is CCCCCCCCCc1cc2ccccc2c(S(=O)(=O)O)c1CCCCCCCCC.ClCCCl. The fourth-order valence-corrected chi connectivity index (χ4v) is 5.74. The highest BCUT2D eigenvalue weighted by Crippen LogP contribution is 2.32. The summed E-state index contributed by atoms with van der Waals surface area (Å²) in [6, 6.07) is 9.73. The molecule has 36 heavy (non-hydrogen) atoms. The van der Waals surface area contributed by atoms with Crippen LogP contribution in [0, 0.1) is 0 Å². The van der Waals surface area contributed by atoms with Gasteiger partial charge >= 0.3 is 0 Å². The molecule has 2 aromatic carbocycles. The predicted molar refractivity (Wildman–Crippen MR) is 159 cm³/mol. The van der Waals surface area contributed by atoms with E-state index in [0.29, 0.717) is 17.1 Å². The summed E-state index contributed by atoms with van der Waals surface area (Å²) in [6.45, 7) is 4.46. The zero-order valence-corrected chi connectivity index (χ0v) is 24.9. The van der Waals surface area contributed by atoms with Crippen LogP contribution in [0.4, 0.5) is 0 Å². The Morgan fingerprint density at radius 2 is 1.17 bits per heavy atom. The summed E-state index contributed by atoms with van der Waals surface area (Å²) in [7, 11) is -4.28. The van der Waals surface area contributed by atoms with Gasteiger partial charge in [-0.1, -0.05) is 121 Å². The molecule has 0 unspecified atom stereocenters. The van der Waals surface area contributed by atoms with E-state index >= 15 is 0 Å². The zero-order valence-electron chi connectivity index (χ0n) is 22.5. The van der Waals surface area contributed by atoms with E-state index in [1.165, 1.54) is 70.6 Å². The zero-order chi connectivity index (χ0) is 26.7. The van der Waals surface area contributed by atoms with Crippen LogP contribution in [0.5, 0.6) is 0 Å². The van der Waals surface area contributed by atoms with Crippen LogP contribution < -0.4 is 0 Å². The Morgan fingerprint density at radius 3 is 1.67 bits per heavy atom. The molecule has 0 bridgehead atoms. The molecule has 0 aromatic heterocycles. The lowest BCUT2D eigenvalue weighted by Gasteiger charge is -2.17. The summed E-state index contributed by atoms with van der Waals surface area (Å²) >= 11 is 10.1. The Bertz CT molecular complexity index is 943. The third-order valence-electron chi connectivity index (χ3n) is 6.61. The van der Waals surface area contributed by atoms with Gasteiger partial charge in [-0.25, -0.2) is 0 Å². The fourth-order valence-electron chi connectivity index (χ4n) is 4.74. The van der Waals surface area contributed by atoms with Gasteiger partial charge in [0, 0.05) is 17.1 Å². The van der Waals surface area contributed by atoms with E-state index in [9.17, 15) is 13.0 Å². The van der Waals surface area contributed by atoms with E-state index in [4.69, 9.17) is 23.2 Å². The number of fused-ring (bicyclic) bond motifs is 1. The van der Waals surface area contributed by atoms with Gasteiger partial charge < -0.3 is 0 Å². The molecule has 0 spiro atoms. The van der Waals surface area contributed by atoms with Gasteiger partial charge in [0.2, 0.25) is 0 Å². The van der Waals surface area contributed by atoms with Gasteiger partial charge in [-0.2, -0.15) is 8.42 Å². The molecule has 0 amide bonds. The maximum absolute atomic E-state index is 12.5. The number of rotatable bonds is 18. The summed E-state index contributed by atoms with van der Waals surface area (Å²) in [5.41, 5.74) is 1.96. The van der Waals surface area contributed by atoms with Crippen molar-refractivity contribution in [3.8, 4) is 0 Å². The molecule has 0 saturated heterocycles. The summed E-state index contributed by atoms with van der Waals surface area (Å²) in [4.78, 5) is 0.152. The Balaban J connectivity index is 0.00000150. The first-order valence-electron chi connectivity index (χ1n) is 14.0. The van der Waals surface area contributed by atoms with Crippen molar-refractivity contribution in [1.82, 2.24) is 0 Å². The molecule has 0 aliphatic rings. The van der Waals surface area contributed by atoms with Crippen LogP contribution in [0.2, 0.25) is 0 Å². The van der Waals surface area contributed by atoms with Crippen LogP contribution in [0.15, 0.2) is 35.2 Å². The molecular formula is C30H48Cl2O3S. The van der Waals surface area contributed by atoms with Crippen molar-refractivity contribution in [1.29, 1.82) is 0 Å². The number of benzene rings is 2. The van der Waals surface area contributed by atoms with Gasteiger partial charge in [0.1, 0.15) is 4.90 Å². The minimum absolute atomic E-state index is 0.152. The maximum atomic E-state index is 12.5. The Hall–Kier alpha value is -0.810. The van der Waals surface area contributed by atoms with Gasteiger partial charge in [-0.05, 0) is 42.2 Å². The van der Waals surface area contributed by atoms with Crippen molar-refractivity contribution in [3.05, 3.63) is 41.5 Å². The van der Waals surface area contributed by atoms with Gasteiger partial charge in [0.05, 0.1) is 0 Å². The first kappa shape index (κ1) is 33.2. The first-order valence-corrected chi connectivity index (χ1v) is 16.5. The van der Waals surface area contributed by atoms with Crippen molar-refractivity contribution in [3.63, 3.8) is 0 Å². The topological polar surface area (TPSA) is 54.4 Å². The summed E-state index contributed by atoms with van der Waals surface area (Å²) < 4.78 is 35.1. The van der Waals surface area contributed by atoms with Crippen LogP contribution in [0.25, 0.3) is 10.8 Å². The second kappa shape index (κ2) is 20.2. The van der Waals surface area contributed by atoms with Crippen LogP contribution >= 0.6 is 23.2 Å². The third-order valence-corrected chi connectivity index (χ3v) is 8.16. The lowest BCUT2D eigenvalue weighted by molar-refractivity contribution is 0.482. The maximum Gasteiger partial charge on any atom is 0.295 e. The highest BCUT2D eigenvalue weighted by molar-refractivity contribution is 7.86. The van der Waals surface area contributed by atoms with E-state index in [0.717, 1.165) is 48.6 Å². The highest BCUT2D eigenvalue weighted by atomic mass is 35.5. The standard InChI is InChI=1S/C28H44O3S.C2H4Cl2/c1-3-5-7-9-11-13-15-19-24-23-25-20-17-18-22-27(25)28(32(29,30)31)26(24)21-16-14-12-10-8-6-4-2;3-1-2-4/h17-18,20,22-23H,3-16,19,21H2,1-2H3,(H,29,30,31);1-2H2. The summed E-state index contributed by atoms with van der Waals surface area (Å²) in [6.07, 6.45) is 18.6. The number of unbranched alkanes of at least 4 members (excludes halogenated alkanes) is 12. The Labute approximate surface area is 231 Å². The molecule has 0 heterocycles. The third kappa shape index (κ3) is 13.1. The van der Waals surface area contributed by atoms with E-state index < -0.39 is 10.1 Å². The summed E-state index contributed by atoms with van der Waals surface area (Å²) in [5, 5.41) is 1.55. The fraction of sp³-hybridized carbons (Fsp3) is 0.667. The van der Waals surface area contributed by atoms with Crippen LogP contribution in [-0.2, 0) is 23.0 Å². The molecule has 1 N–H and O–H groups in total. The van der Waals surface area contributed by atoms with Crippen LogP contribution in [0.1, 0.15) is 115 Å². The average Bonchev–Trinajstić information content (AvgIpc) is 2.86. The molecule has 0 aliphatic heterocycles. The summed E-state index contributed by atoms with van der Waals surface area (Å²) in [5.74, 6) is 1.11. The number of alkyl halides is 2. The molecule has 0 radical (unpaired) electrons. The monoisotopic (exact) mass is 558 g/mol. The Kier molecular flexibility index (Phi) is 18.6. The van der Waals surface area contributed by atoms with E-state index in [1.807, 2.05) is 24.3 Å². The average molecular weight is 560 g/mol. The molecule has 0 saturated carbocycles. The molecule has 206 valence electrons. The number of halogens is 2. The number of aryl methyl sites for hydroxylation is 1. The molecule has 6 heteroatoms. The second-order valence-electron chi connectivity index (χ2n) is 9.66. The lowest BCUT2D eigenvalue weighted by Crippen LogP contribution is -2.08. The molecule has 0 fully saturated rings. The van der Waals surface area contributed by atoms with Crippen molar-refractivity contribution < 1.29 is 13.0 Å².